The van der Waals surface area contributed by atoms with Crippen LogP contribution in [-0.2, 0) is 6.54 Å². The summed E-state index contributed by atoms with van der Waals surface area (Å²) in [6.07, 6.45) is 0. The SMILES string of the molecule is CCNCc1ccc(Oc2ccc(F)c(C)c2)cc1Cl. The molecule has 4 heteroatoms. The molecule has 0 aliphatic carbocycles. The van der Waals surface area contributed by atoms with Gasteiger partial charge in [0.05, 0.1) is 0 Å². The molecular formula is C16H17ClFNO. The Bertz CT molecular complexity index is 601. The Hall–Kier alpha value is -1.58. The first-order valence-electron chi connectivity index (χ1n) is 6.53. The zero-order valence-electron chi connectivity index (χ0n) is 11.5. The lowest BCUT2D eigenvalue weighted by Crippen LogP contribution is -2.11. The first-order valence-corrected chi connectivity index (χ1v) is 6.91. The number of hydrogen-bond acceptors (Lipinski definition) is 2. The Morgan fingerprint density at radius 2 is 1.85 bits per heavy atom. The van der Waals surface area contributed by atoms with E-state index in [-0.39, 0.29) is 5.82 Å². The van der Waals surface area contributed by atoms with Crippen LogP contribution in [0, 0.1) is 12.7 Å². The highest BCUT2D eigenvalue weighted by Gasteiger charge is 2.05. The van der Waals surface area contributed by atoms with E-state index < -0.39 is 0 Å². The summed E-state index contributed by atoms with van der Waals surface area (Å²) in [7, 11) is 0. The number of benzene rings is 2. The Labute approximate surface area is 123 Å². The van der Waals surface area contributed by atoms with Gasteiger partial charge in [-0.05, 0) is 54.9 Å². The van der Waals surface area contributed by atoms with Gasteiger partial charge >= 0.3 is 0 Å². The fraction of sp³-hybridized carbons (Fsp3) is 0.250. The summed E-state index contributed by atoms with van der Waals surface area (Å²) in [5.74, 6) is 0.997. The Morgan fingerprint density at radius 3 is 2.50 bits per heavy atom. The summed E-state index contributed by atoms with van der Waals surface area (Å²) in [6, 6.07) is 10.2. The third-order valence-corrected chi connectivity index (χ3v) is 3.31. The van der Waals surface area contributed by atoms with Crippen molar-refractivity contribution < 1.29 is 9.13 Å². The van der Waals surface area contributed by atoms with Gasteiger partial charge in [-0.25, -0.2) is 4.39 Å². The van der Waals surface area contributed by atoms with Gasteiger partial charge in [0.2, 0.25) is 0 Å². The molecule has 0 radical (unpaired) electrons. The predicted octanol–water partition coefficient (Wildman–Crippen LogP) is 4.69. The van der Waals surface area contributed by atoms with Crippen molar-refractivity contribution in [3.8, 4) is 11.5 Å². The van der Waals surface area contributed by atoms with E-state index in [0.717, 1.165) is 18.7 Å². The second kappa shape index (κ2) is 6.73. The van der Waals surface area contributed by atoms with Gasteiger partial charge in [0, 0.05) is 11.6 Å². The molecule has 0 heterocycles. The zero-order valence-corrected chi connectivity index (χ0v) is 12.3. The Kier molecular flexibility index (Phi) is 4.99. The third kappa shape index (κ3) is 3.71. The minimum absolute atomic E-state index is 0.239. The van der Waals surface area contributed by atoms with Crippen LogP contribution >= 0.6 is 11.6 Å². The number of ether oxygens (including phenoxy) is 1. The molecule has 0 amide bonds. The van der Waals surface area contributed by atoms with Crippen molar-refractivity contribution in [2.24, 2.45) is 0 Å². The van der Waals surface area contributed by atoms with Crippen LogP contribution in [0.1, 0.15) is 18.1 Å². The van der Waals surface area contributed by atoms with Crippen molar-refractivity contribution in [2.75, 3.05) is 6.54 Å². The summed E-state index contributed by atoms with van der Waals surface area (Å²) in [5, 5.41) is 3.88. The van der Waals surface area contributed by atoms with Crippen molar-refractivity contribution >= 4 is 11.6 Å². The van der Waals surface area contributed by atoms with E-state index >= 15 is 0 Å². The second-order valence-corrected chi connectivity index (χ2v) is 4.95. The van der Waals surface area contributed by atoms with E-state index in [2.05, 4.69) is 5.32 Å². The lowest BCUT2D eigenvalue weighted by molar-refractivity contribution is 0.479. The Morgan fingerprint density at radius 1 is 1.15 bits per heavy atom. The average Bonchev–Trinajstić information content (AvgIpc) is 2.42. The monoisotopic (exact) mass is 293 g/mol. The van der Waals surface area contributed by atoms with Crippen molar-refractivity contribution in [2.45, 2.75) is 20.4 Å². The van der Waals surface area contributed by atoms with Crippen molar-refractivity contribution in [3.63, 3.8) is 0 Å². The highest BCUT2D eigenvalue weighted by Crippen LogP contribution is 2.27. The molecular weight excluding hydrogens is 277 g/mol. The first-order chi connectivity index (χ1) is 9.60. The third-order valence-electron chi connectivity index (χ3n) is 2.96. The molecule has 2 nitrogen and oxygen atoms in total. The minimum atomic E-state index is -0.239. The summed E-state index contributed by atoms with van der Waals surface area (Å²) in [6.45, 7) is 5.37. The van der Waals surface area contributed by atoms with Crippen LogP contribution in [0.4, 0.5) is 4.39 Å². The van der Waals surface area contributed by atoms with Gasteiger partial charge in [-0.3, -0.25) is 0 Å². The molecule has 0 saturated heterocycles. The van der Waals surface area contributed by atoms with Gasteiger partial charge in [0.1, 0.15) is 17.3 Å². The second-order valence-electron chi connectivity index (χ2n) is 4.55. The van der Waals surface area contributed by atoms with E-state index in [1.165, 1.54) is 6.07 Å². The topological polar surface area (TPSA) is 21.3 Å². The van der Waals surface area contributed by atoms with Gasteiger partial charge in [-0.1, -0.05) is 24.6 Å². The van der Waals surface area contributed by atoms with Crippen LogP contribution < -0.4 is 10.1 Å². The lowest BCUT2D eigenvalue weighted by atomic mass is 10.2. The summed E-state index contributed by atoms with van der Waals surface area (Å²) < 4.78 is 18.9. The predicted molar refractivity (Wildman–Crippen MR) is 80.0 cm³/mol. The molecule has 0 aromatic heterocycles. The van der Waals surface area contributed by atoms with Crippen LogP contribution in [0.25, 0.3) is 0 Å². The number of aryl methyl sites for hydroxylation is 1. The fourth-order valence-electron chi connectivity index (χ4n) is 1.81. The average molecular weight is 294 g/mol. The number of rotatable bonds is 5. The first kappa shape index (κ1) is 14.8. The highest BCUT2D eigenvalue weighted by molar-refractivity contribution is 6.31. The molecule has 2 rings (SSSR count). The standard InChI is InChI=1S/C16H17ClFNO/c1-3-19-10-12-4-5-14(9-15(12)17)20-13-6-7-16(18)11(2)8-13/h4-9,19H,3,10H2,1-2H3. The molecule has 0 fully saturated rings. The smallest absolute Gasteiger partial charge is 0.128 e. The van der Waals surface area contributed by atoms with Crippen molar-refractivity contribution in [1.82, 2.24) is 5.32 Å². The maximum absolute atomic E-state index is 13.2. The molecule has 0 bridgehead atoms. The quantitative estimate of drug-likeness (QED) is 0.863. The fourth-order valence-corrected chi connectivity index (χ4v) is 2.05. The molecule has 2 aromatic rings. The molecule has 0 aliphatic rings. The van der Waals surface area contributed by atoms with Crippen LogP contribution in [0.2, 0.25) is 5.02 Å². The van der Waals surface area contributed by atoms with Crippen LogP contribution in [-0.4, -0.2) is 6.54 Å². The van der Waals surface area contributed by atoms with E-state index in [4.69, 9.17) is 16.3 Å². The molecule has 0 atom stereocenters. The molecule has 20 heavy (non-hydrogen) atoms. The van der Waals surface area contributed by atoms with Gasteiger partial charge in [-0.15, -0.1) is 0 Å². The minimum Gasteiger partial charge on any atom is -0.457 e. The van der Waals surface area contributed by atoms with Crippen molar-refractivity contribution in [1.29, 1.82) is 0 Å². The Balaban J connectivity index is 2.13. The molecule has 106 valence electrons. The van der Waals surface area contributed by atoms with Gasteiger partial charge < -0.3 is 10.1 Å². The molecule has 0 aliphatic heterocycles. The summed E-state index contributed by atoms with van der Waals surface area (Å²) >= 11 is 6.21. The van der Waals surface area contributed by atoms with Crippen LogP contribution in [0.5, 0.6) is 11.5 Å². The zero-order chi connectivity index (χ0) is 14.5. The molecule has 0 unspecified atom stereocenters. The lowest BCUT2D eigenvalue weighted by Gasteiger charge is -2.10. The molecule has 2 aromatic carbocycles. The van der Waals surface area contributed by atoms with Gasteiger partial charge in [-0.2, -0.15) is 0 Å². The maximum Gasteiger partial charge on any atom is 0.128 e. The van der Waals surface area contributed by atoms with Crippen LogP contribution in [0.15, 0.2) is 36.4 Å². The number of hydrogen-bond donors (Lipinski definition) is 1. The number of halogens is 2. The maximum atomic E-state index is 13.2. The normalized spacial score (nSPS) is 10.6. The van der Waals surface area contributed by atoms with Gasteiger partial charge in [0.25, 0.3) is 0 Å². The highest BCUT2D eigenvalue weighted by atomic mass is 35.5. The summed E-state index contributed by atoms with van der Waals surface area (Å²) in [4.78, 5) is 0. The summed E-state index contributed by atoms with van der Waals surface area (Å²) in [5.41, 5.74) is 1.58. The van der Waals surface area contributed by atoms with E-state index in [9.17, 15) is 4.39 Å². The van der Waals surface area contributed by atoms with E-state index in [1.54, 1.807) is 25.1 Å². The number of nitrogens with one attached hydrogen (secondary N) is 1. The van der Waals surface area contributed by atoms with Crippen LogP contribution in [0.3, 0.4) is 0 Å². The molecule has 0 spiro atoms. The van der Waals surface area contributed by atoms with Crippen molar-refractivity contribution in [3.05, 3.63) is 58.4 Å². The van der Waals surface area contributed by atoms with Gasteiger partial charge in [0.15, 0.2) is 0 Å². The largest absolute Gasteiger partial charge is 0.457 e. The molecule has 0 saturated carbocycles. The van der Waals surface area contributed by atoms with E-state index in [0.29, 0.717) is 22.1 Å². The molecule has 1 N–H and O–H groups in total. The van der Waals surface area contributed by atoms with E-state index in [1.807, 2.05) is 19.1 Å².